The lowest BCUT2D eigenvalue weighted by Crippen LogP contribution is -2.24. The van der Waals surface area contributed by atoms with Gasteiger partial charge in [-0.3, -0.25) is 0 Å². The Balaban J connectivity index is 2.08. The Kier molecular flexibility index (Phi) is 4.27. The van der Waals surface area contributed by atoms with Crippen LogP contribution in [0.3, 0.4) is 0 Å². The van der Waals surface area contributed by atoms with Crippen molar-refractivity contribution in [2.75, 3.05) is 18.5 Å². The molecule has 18 heavy (non-hydrogen) atoms. The van der Waals surface area contributed by atoms with Crippen LogP contribution in [0.25, 0.3) is 0 Å². The minimum Gasteiger partial charge on any atom is -0.478 e. The highest BCUT2D eigenvalue weighted by Gasteiger charge is 2.17. The number of nitrogens with zero attached hydrogens (tertiary/aromatic N) is 1. The van der Waals surface area contributed by atoms with Crippen molar-refractivity contribution in [3.05, 3.63) is 28.2 Å². The van der Waals surface area contributed by atoms with E-state index in [1.807, 2.05) is 12.1 Å². The maximum absolute atomic E-state index is 10.9. The second kappa shape index (κ2) is 5.74. The van der Waals surface area contributed by atoms with Gasteiger partial charge in [0.15, 0.2) is 0 Å². The summed E-state index contributed by atoms with van der Waals surface area (Å²) in [5, 5.41) is 8.98. The molecule has 0 atom stereocenters. The maximum Gasteiger partial charge on any atom is 0.336 e. The highest BCUT2D eigenvalue weighted by atomic mass is 79.9. The monoisotopic (exact) mass is 311 g/mol. The molecule has 0 saturated heterocycles. The summed E-state index contributed by atoms with van der Waals surface area (Å²) < 4.78 is 0.644. The summed E-state index contributed by atoms with van der Waals surface area (Å²) in [6.45, 7) is 1.05. The Bertz CT molecular complexity index is 441. The zero-order valence-corrected chi connectivity index (χ0v) is 12.1. The Morgan fingerprint density at radius 3 is 2.67 bits per heavy atom. The van der Waals surface area contributed by atoms with Gasteiger partial charge in [0.25, 0.3) is 0 Å². The lowest BCUT2D eigenvalue weighted by Gasteiger charge is -2.23. The summed E-state index contributed by atoms with van der Waals surface area (Å²) in [4.78, 5) is 13.2. The third-order valence-electron chi connectivity index (χ3n) is 3.63. The van der Waals surface area contributed by atoms with Crippen molar-refractivity contribution in [2.24, 2.45) is 5.92 Å². The lowest BCUT2D eigenvalue weighted by atomic mass is 10.1. The van der Waals surface area contributed by atoms with Crippen LogP contribution in [0.2, 0.25) is 0 Å². The van der Waals surface area contributed by atoms with Gasteiger partial charge in [-0.25, -0.2) is 4.79 Å². The topological polar surface area (TPSA) is 40.5 Å². The molecule has 1 aliphatic rings. The standard InChI is InChI=1S/C14H18BrNO2/c1-16(9-10-4-2-3-5-10)11-6-7-12(14(17)18)13(15)8-11/h6-8,10H,2-5,9H2,1H3,(H,17,18). The fraction of sp³-hybridized carbons (Fsp3) is 0.500. The van der Waals surface area contributed by atoms with Gasteiger partial charge in [-0.2, -0.15) is 0 Å². The average Bonchev–Trinajstić information content (AvgIpc) is 2.81. The van der Waals surface area contributed by atoms with Crippen molar-refractivity contribution in [3.8, 4) is 0 Å². The van der Waals surface area contributed by atoms with Crippen molar-refractivity contribution in [1.29, 1.82) is 0 Å². The van der Waals surface area contributed by atoms with Gasteiger partial charge in [-0.1, -0.05) is 12.8 Å². The van der Waals surface area contributed by atoms with E-state index < -0.39 is 5.97 Å². The fourth-order valence-corrected chi connectivity index (χ4v) is 3.14. The second-order valence-electron chi connectivity index (χ2n) is 5.00. The number of aromatic carboxylic acids is 1. The van der Waals surface area contributed by atoms with E-state index in [-0.39, 0.29) is 0 Å². The van der Waals surface area contributed by atoms with Gasteiger partial charge in [0.2, 0.25) is 0 Å². The third-order valence-corrected chi connectivity index (χ3v) is 4.29. The Morgan fingerprint density at radius 1 is 1.44 bits per heavy atom. The zero-order valence-electron chi connectivity index (χ0n) is 10.5. The van der Waals surface area contributed by atoms with Gasteiger partial charge >= 0.3 is 5.97 Å². The van der Waals surface area contributed by atoms with Gasteiger partial charge < -0.3 is 10.0 Å². The maximum atomic E-state index is 10.9. The molecule has 2 rings (SSSR count). The first-order valence-electron chi connectivity index (χ1n) is 6.32. The third kappa shape index (κ3) is 3.05. The summed E-state index contributed by atoms with van der Waals surface area (Å²) in [5.74, 6) is -0.111. The molecule has 98 valence electrons. The van der Waals surface area contributed by atoms with Crippen LogP contribution in [0.1, 0.15) is 36.0 Å². The first kappa shape index (κ1) is 13.4. The number of hydrogen-bond donors (Lipinski definition) is 1. The Hall–Kier alpha value is -1.03. The first-order chi connectivity index (χ1) is 8.58. The van der Waals surface area contributed by atoms with Gasteiger partial charge in [-0.05, 0) is 52.9 Å². The highest BCUT2D eigenvalue weighted by molar-refractivity contribution is 9.10. The van der Waals surface area contributed by atoms with E-state index in [0.717, 1.165) is 18.2 Å². The van der Waals surface area contributed by atoms with Gasteiger partial charge in [0, 0.05) is 23.8 Å². The van der Waals surface area contributed by atoms with Crippen LogP contribution in [-0.4, -0.2) is 24.7 Å². The molecule has 1 saturated carbocycles. The van der Waals surface area contributed by atoms with Crippen molar-refractivity contribution in [3.63, 3.8) is 0 Å². The van der Waals surface area contributed by atoms with E-state index in [4.69, 9.17) is 5.11 Å². The fourth-order valence-electron chi connectivity index (χ4n) is 2.60. The molecular weight excluding hydrogens is 294 g/mol. The van der Waals surface area contributed by atoms with E-state index in [9.17, 15) is 4.79 Å². The molecule has 0 heterocycles. The number of carboxylic acid groups (broad SMARTS) is 1. The SMILES string of the molecule is CN(CC1CCCC1)c1ccc(C(=O)O)c(Br)c1. The number of hydrogen-bond acceptors (Lipinski definition) is 2. The first-order valence-corrected chi connectivity index (χ1v) is 7.11. The number of rotatable bonds is 4. The van der Waals surface area contributed by atoms with Crippen LogP contribution in [0.4, 0.5) is 5.69 Å². The van der Waals surface area contributed by atoms with Crippen LogP contribution in [0.5, 0.6) is 0 Å². The van der Waals surface area contributed by atoms with Crippen LogP contribution >= 0.6 is 15.9 Å². The molecule has 0 amide bonds. The minimum atomic E-state index is -0.896. The highest BCUT2D eigenvalue weighted by Crippen LogP contribution is 2.28. The molecule has 0 radical (unpaired) electrons. The van der Waals surface area contributed by atoms with E-state index in [0.29, 0.717) is 10.0 Å². The van der Waals surface area contributed by atoms with E-state index in [1.54, 1.807) is 6.07 Å². The minimum absolute atomic E-state index is 0.313. The molecule has 0 spiro atoms. The molecule has 0 aliphatic heterocycles. The molecular formula is C14H18BrNO2. The number of halogens is 1. The van der Waals surface area contributed by atoms with Crippen LogP contribution < -0.4 is 4.90 Å². The molecule has 0 aromatic heterocycles. The molecule has 1 aromatic carbocycles. The van der Waals surface area contributed by atoms with Crippen LogP contribution in [-0.2, 0) is 0 Å². The van der Waals surface area contributed by atoms with E-state index in [1.165, 1.54) is 25.7 Å². The molecule has 1 aromatic rings. The van der Waals surface area contributed by atoms with Crippen molar-refractivity contribution >= 4 is 27.6 Å². The summed E-state index contributed by atoms with van der Waals surface area (Å²) in [6, 6.07) is 5.43. The zero-order chi connectivity index (χ0) is 13.1. The predicted molar refractivity (Wildman–Crippen MR) is 76.3 cm³/mol. The molecule has 0 bridgehead atoms. The van der Waals surface area contributed by atoms with E-state index in [2.05, 4.69) is 27.9 Å². The molecule has 1 fully saturated rings. The molecule has 1 aliphatic carbocycles. The number of carboxylic acids is 1. The Labute approximate surface area is 116 Å². The normalized spacial score (nSPS) is 15.9. The number of anilines is 1. The van der Waals surface area contributed by atoms with Crippen molar-refractivity contribution < 1.29 is 9.90 Å². The largest absolute Gasteiger partial charge is 0.478 e. The van der Waals surface area contributed by atoms with Gasteiger partial charge in [0.1, 0.15) is 0 Å². The summed E-state index contributed by atoms with van der Waals surface area (Å²) in [7, 11) is 2.07. The number of benzene rings is 1. The average molecular weight is 312 g/mol. The van der Waals surface area contributed by atoms with Crippen LogP contribution in [0.15, 0.2) is 22.7 Å². The molecule has 3 nitrogen and oxygen atoms in total. The Morgan fingerprint density at radius 2 is 2.11 bits per heavy atom. The summed E-state index contributed by atoms with van der Waals surface area (Å²) in [5.41, 5.74) is 1.38. The van der Waals surface area contributed by atoms with Crippen molar-refractivity contribution in [1.82, 2.24) is 0 Å². The van der Waals surface area contributed by atoms with Crippen molar-refractivity contribution in [2.45, 2.75) is 25.7 Å². The lowest BCUT2D eigenvalue weighted by molar-refractivity contribution is 0.0696. The van der Waals surface area contributed by atoms with Gasteiger partial charge in [-0.15, -0.1) is 0 Å². The number of carbonyl (C=O) groups is 1. The summed E-state index contributed by atoms with van der Waals surface area (Å²) in [6.07, 6.45) is 5.33. The smallest absolute Gasteiger partial charge is 0.336 e. The molecule has 4 heteroatoms. The van der Waals surface area contributed by atoms with Crippen LogP contribution in [0, 0.1) is 5.92 Å². The second-order valence-corrected chi connectivity index (χ2v) is 5.85. The quantitative estimate of drug-likeness (QED) is 0.920. The molecule has 1 N–H and O–H groups in total. The summed E-state index contributed by atoms with van der Waals surface area (Å²) >= 11 is 3.32. The van der Waals surface area contributed by atoms with Gasteiger partial charge in [0.05, 0.1) is 5.56 Å². The molecule has 0 unspecified atom stereocenters. The van der Waals surface area contributed by atoms with E-state index >= 15 is 0 Å². The predicted octanol–water partition coefficient (Wildman–Crippen LogP) is 3.77.